The number of aryl methyl sites for hydroxylation is 1. The van der Waals surface area contributed by atoms with Gasteiger partial charge in [-0.1, -0.05) is 18.2 Å². The third-order valence-electron chi connectivity index (χ3n) is 4.14. The van der Waals surface area contributed by atoms with Crippen LogP contribution in [0.1, 0.15) is 25.8 Å². The quantitative estimate of drug-likeness (QED) is 0.859. The van der Waals surface area contributed by atoms with Crippen LogP contribution in [0.4, 0.5) is 11.4 Å². The Labute approximate surface area is 139 Å². The van der Waals surface area contributed by atoms with Crippen molar-refractivity contribution in [2.75, 3.05) is 29.9 Å². The van der Waals surface area contributed by atoms with E-state index in [-0.39, 0.29) is 6.10 Å². The van der Waals surface area contributed by atoms with Crippen molar-refractivity contribution < 1.29 is 4.74 Å². The fourth-order valence-electron chi connectivity index (χ4n) is 3.10. The molecule has 2 aromatic carbocycles. The normalized spacial score (nSPS) is 13.8. The summed E-state index contributed by atoms with van der Waals surface area (Å²) in [6, 6.07) is 17.0. The molecule has 0 fully saturated rings. The van der Waals surface area contributed by atoms with Crippen molar-refractivity contribution in [2.45, 2.75) is 32.8 Å². The second-order valence-corrected chi connectivity index (χ2v) is 6.34. The second-order valence-electron chi connectivity index (χ2n) is 6.34. The second kappa shape index (κ2) is 7.40. The van der Waals surface area contributed by atoms with E-state index in [9.17, 15) is 0 Å². The van der Waals surface area contributed by atoms with Gasteiger partial charge in [-0.15, -0.1) is 0 Å². The Kier molecular flexibility index (Phi) is 5.06. The minimum atomic E-state index is 0.216. The summed E-state index contributed by atoms with van der Waals surface area (Å²) in [6.45, 7) is 7.21. The molecule has 2 aromatic rings. The topological polar surface area (TPSA) is 24.5 Å². The zero-order chi connectivity index (χ0) is 16.1. The summed E-state index contributed by atoms with van der Waals surface area (Å²) >= 11 is 0. The lowest BCUT2D eigenvalue weighted by atomic mass is 10.0. The van der Waals surface area contributed by atoms with Crippen molar-refractivity contribution in [3.8, 4) is 5.75 Å². The first-order valence-electron chi connectivity index (χ1n) is 8.56. The van der Waals surface area contributed by atoms with Crippen molar-refractivity contribution in [1.29, 1.82) is 0 Å². The fraction of sp³-hybridized carbons (Fsp3) is 0.400. The summed E-state index contributed by atoms with van der Waals surface area (Å²) < 4.78 is 5.67. The summed E-state index contributed by atoms with van der Waals surface area (Å²) in [4.78, 5) is 2.49. The Bertz CT molecular complexity index is 622. The predicted molar refractivity (Wildman–Crippen MR) is 97.7 cm³/mol. The van der Waals surface area contributed by atoms with Gasteiger partial charge < -0.3 is 15.0 Å². The average Bonchev–Trinajstić information content (AvgIpc) is 2.56. The van der Waals surface area contributed by atoms with E-state index in [4.69, 9.17) is 4.74 Å². The van der Waals surface area contributed by atoms with E-state index >= 15 is 0 Å². The minimum Gasteiger partial charge on any atom is -0.491 e. The molecule has 122 valence electrons. The van der Waals surface area contributed by atoms with Gasteiger partial charge in [0.25, 0.3) is 0 Å². The zero-order valence-electron chi connectivity index (χ0n) is 14.1. The molecule has 0 atom stereocenters. The standard InChI is InChI=1S/C20H26N2O/c1-16(2)23-19-11-9-18(10-12-19)21-13-15-22-14-5-7-17-6-3-4-8-20(17)22/h3-4,6,8-12,16,21H,5,7,13-15H2,1-2H3. The molecule has 0 unspecified atom stereocenters. The van der Waals surface area contributed by atoms with Crippen molar-refractivity contribution in [3.63, 3.8) is 0 Å². The summed E-state index contributed by atoms with van der Waals surface area (Å²) in [6.07, 6.45) is 2.67. The molecule has 0 aliphatic carbocycles. The van der Waals surface area contributed by atoms with E-state index in [1.807, 2.05) is 26.0 Å². The Morgan fingerprint density at radius 3 is 2.65 bits per heavy atom. The highest BCUT2D eigenvalue weighted by Gasteiger charge is 2.15. The molecule has 23 heavy (non-hydrogen) atoms. The summed E-state index contributed by atoms with van der Waals surface area (Å²) in [5.74, 6) is 0.926. The lowest BCUT2D eigenvalue weighted by Crippen LogP contribution is -2.33. The van der Waals surface area contributed by atoms with Gasteiger partial charge >= 0.3 is 0 Å². The summed E-state index contributed by atoms with van der Waals surface area (Å²) in [5, 5.41) is 3.51. The van der Waals surface area contributed by atoms with Gasteiger partial charge in [-0.2, -0.15) is 0 Å². The van der Waals surface area contributed by atoms with Gasteiger partial charge in [-0.3, -0.25) is 0 Å². The maximum atomic E-state index is 5.67. The van der Waals surface area contributed by atoms with Crippen LogP contribution in [0.15, 0.2) is 48.5 Å². The van der Waals surface area contributed by atoms with Crippen LogP contribution < -0.4 is 15.0 Å². The number of fused-ring (bicyclic) bond motifs is 1. The van der Waals surface area contributed by atoms with Crippen LogP contribution >= 0.6 is 0 Å². The highest BCUT2D eigenvalue weighted by molar-refractivity contribution is 5.55. The molecule has 1 heterocycles. The van der Waals surface area contributed by atoms with Gasteiger partial charge in [-0.25, -0.2) is 0 Å². The van der Waals surface area contributed by atoms with Crippen molar-refractivity contribution in [1.82, 2.24) is 0 Å². The Morgan fingerprint density at radius 2 is 1.87 bits per heavy atom. The zero-order valence-corrected chi connectivity index (χ0v) is 14.1. The first-order valence-corrected chi connectivity index (χ1v) is 8.56. The fourth-order valence-corrected chi connectivity index (χ4v) is 3.10. The van der Waals surface area contributed by atoms with E-state index in [0.717, 1.165) is 31.1 Å². The van der Waals surface area contributed by atoms with E-state index < -0.39 is 0 Å². The monoisotopic (exact) mass is 310 g/mol. The number of hydrogen-bond acceptors (Lipinski definition) is 3. The molecule has 0 amide bonds. The number of rotatable bonds is 6. The van der Waals surface area contributed by atoms with Gasteiger partial charge in [0.1, 0.15) is 5.75 Å². The maximum absolute atomic E-state index is 5.67. The SMILES string of the molecule is CC(C)Oc1ccc(NCCN2CCCc3ccccc32)cc1. The molecule has 3 rings (SSSR count). The maximum Gasteiger partial charge on any atom is 0.119 e. The number of hydrogen-bond donors (Lipinski definition) is 1. The molecule has 1 N–H and O–H groups in total. The molecule has 0 saturated carbocycles. The van der Waals surface area contributed by atoms with Crippen LogP contribution in [0.25, 0.3) is 0 Å². The largest absolute Gasteiger partial charge is 0.491 e. The molecular weight excluding hydrogens is 284 g/mol. The van der Waals surface area contributed by atoms with Crippen LogP contribution in [0.3, 0.4) is 0 Å². The molecule has 0 spiro atoms. The third-order valence-corrected chi connectivity index (χ3v) is 4.14. The smallest absolute Gasteiger partial charge is 0.119 e. The van der Waals surface area contributed by atoms with Gasteiger partial charge in [-0.05, 0) is 62.6 Å². The number of nitrogens with one attached hydrogen (secondary N) is 1. The lowest BCUT2D eigenvalue weighted by molar-refractivity contribution is 0.242. The van der Waals surface area contributed by atoms with Crippen LogP contribution in [0.2, 0.25) is 0 Å². The highest BCUT2D eigenvalue weighted by Crippen LogP contribution is 2.26. The van der Waals surface area contributed by atoms with Gasteiger partial charge in [0.2, 0.25) is 0 Å². The average molecular weight is 310 g/mol. The number of benzene rings is 2. The van der Waals surface area contributed by atoms with E-state index in [1.165, 1.54) is 24.1 Å². The van der Waals surface area contributed by atoms with Crippen LogP contribution in [0, 0.1) is 0 Å². The minimum absolute atomic E-state index is 0.216. The van der Waals surface area contributed by atoms with Crippen molar-refractivity contribution >= 4 is 11.4 Å². The van der Waals surface area contributed by atoms with Gasteiger partial charge in [0.05, 0.1) is 6.10 Å². The Balaban J connectivity index is 1.52. The highest BCUT2D eigenvalue weighted by atomic mass is 16.5. The summed E-state index contributed by atoms with van der Waals surface area (Å²) in [5.41, 5.74) is 4.03. The Hall–Kier alpha value is -2.16. The predicted octanol–water partition coefficient (Wildman–Crippen LogP) is 4.34. The van der Waals surface area contributed by atoms with Gasteiger partial charge in [0.15, 0.2) is 0 Å². The first kappa shape index (κ1) is 15.7. The lowest BCUT2D eigenvalue weighted by Gasteiger charge is -2.31. The van der Waals surface area contributed by atoms with E-state index in [0.29, 0.717) is 0 Å². The van der Waals surface area contributed by atoms with E-state index in [2.05, 4.69) is 46.6 Å². The van der Waals surface area contributed by atoms with Crippen LogP contribution in [-0.4, -0.2) is 25.7 Å². The molecule has 0 aromatic heterocycles. The van der Waals surface area contributed by atoms with Crippen LogP contribution in [-0.2, 0) is 6.42 Å². The number of para-hydroxylation sites is 1. The van der Waals surface area contributed by atoms with Crippen LogP contribution in [0.5, 0.6) is 5.75 Å². The molecule has 1 aliphatic heterocycles. The molecule has 3 heteroatoms. The third kappa shape index (κ3) is 4.19. The molecule has 0 saturated heterocycles. The van der Waals surface area contributed by atoms with Crippen molar-refractivity contribution in [3.05, 3.63) is 54.1 Å². The van der Waals surface area contributed by atoms with Gasteiger partial charge in [0, 0.05) is 31.0 Å². The molecule has 0 radical (unpaired) electrons. The number of ether oxygens (including phenoxy) is 1. The summed E-state index contributed by atoms with van der Waals surface area (Å²) in [7, 11) is 0. The molecular formula is C20H26N2O. The number of nitrogens with zero attached hydrogens (tertiary/aromatic N) is 1. The molecule has 3 nitrogen and oxygen atoms in total. The molecule has 1 aliphatic rings. The van der Waals surface area contributed by atoms with E-state index in [1.54, 1.807) is 0 Å². The number of anilines is 2. The first-order chi connectivity index (χ1) is 11.2. The van der Waals surface area contributed by atoms with Crippen molar-refractivity contribution in [2.24, 2.45) is 0 Å². The Morgan fingerprint density at radius 1 is 1.09 bits per heavy atom. The molecule has 0 bridgehead atoms.